The second-order valence-electron chi connectivity index (χ2n) is 4.54. The minimum absolute atomic E-state index is 0.0468. The molecule has 23 heavy (non-hydrogen) atoms. The molecule has 0 saturated carbocycles. The fourth-order valence-corrected chi connectivity index (χ4v) is 1.90. The number of carbonyl (C=O) groups is 1. The number of carbonyl (C=O) groups excluding carboxylic acids is 1. The average molecular weight is 320 g/mol. The number of methoxy groups -OCH3 is 1. The van der Waals surface area contributed by atoms with E-state index in [-0.39, 0.29) is 22.8 Å². The zero-order valence-electron chi connectivity index (χ0n) is 12.2. The number of halogens is 2. The van der Waals surface area contributed by atoms with E-state index in [2.05, 4.69) is 4.74 Å². The van der Waals surface area contributed by atoms with E-state index in [4.69, 9.17) is 4.74 Å². The maximum Gasteiger partial charge on any atom is 0.387 e. The van der Waals surface area contributed by atoms with Gasteiger partial charge < -0.3 is 14.6 Å². The topological polar surface area (TPSA) is 55.8 Å². The molecule has 2 aromatic carbocycles. The van der Waals surface area contributed by atoms with Crippen LogP contribution in [0.25, 0.3) is 6.08 Å². The highest BCUT2D eigenvalue weighted by molar-refractivity contribution is 6.07. The molecule has 2 rings (SSSR count). The van der Waals surface area contributed by atoms with E-state index in [9.17, 15) is 18.7 Å². The lowest BCUT2D eigenvalue weighted by Crippen LogP contribution is -2.03. The quantitative estimate of drug-likeness (QED) is 0.648. The molecule has 4 nitrogen and oxygen atoms in total. The first kappa shape index (κ1) is 16.5. The molecule has 0 aromatic heterocycles. The van der Waals surface area contributed by atoms with E-state index < -0.39 is 6.61 Å². The third-order valence-corrected chi connectivity index (χ3v) is 2.97. The van der Waals surface area contributed by atoms with Crippen molar-refractivity contribution in [1.29, 1.82) is 0 Å². The van der Waals surface area contributed by atoms with Crippen molar-refractivity contribution >= 4 is 11.9 Å². The Labute approximate surface area is 131 Å². The zero-order chi connectivity index (χ0) is 16.8. The summed E-state index contributed by atoms with van der Waals surface area (Å²) in [6.07, 6.45) is 2.78. The van der Waals surface area contributed by atoms with Crippen LogP contribution in [0.2, 0.25) is 0 Å². The lowest BCUT2D eigenvalue weighted by molar-refractivity contribution is -0.0498. The smallest absolute Gasteiger partial charge is 0.387 e. The molecule has 0 atom stereocenters. The van der Waals surface area contributed by atoms with Crippen LogP contribution in [0.15, 0.2) is 48.5 Å². The summed E-state index contributed by atoms with van der Waals surface area (Å²) in [7, 11) is 1.43. The number of phenols is 1. The monoisotopic (exact) mass is 320 g/mol. The number of rotatable bonds is 6. The number of benzene rings is 2. The Bertz CT molecular complexity index is 726. The van der Waals surface area contributed by atoms with Crippen LogP contribution in [0, 0.1) is 0 Å². The Morgan fingerprint density at radius 2 is 2.00 bits per heavy atom. The van der Waals surface area contributed by atoms with Gasteiger partial charge in [0.15, 0.2) is 17.3 Å². The van der Waals surface area contributed by atoms with Crippen molar-refractivity contribution in [3.05, 3.63) is 59.7 Å². The van der Waals surface area contributed by atoms with E-state index in [1.807, 2.05) is 0 Å². The van der Waals surface area contributed by atoms with Gasteiger partial charge in [-0.25, -0.2) is 0 Å². The number of alkyl halides is 2. The maximum absolute atomic E-state index is 12.2. The van der Waals surface area contributed by atoms with Crippen LogP contribution < -0.4 is 9.47 Å². The summed E-state index contributed by atoms with van der Waals surface area (Å²) in [4.78, 5) is 12.0. The van der Waals surface area contributed by atoms with Gasteiger partial charge in [-0.1, -0.05) is 24.3 Å². The second-order valence-corrected chi connectivity index (χ2v) is 4.54. The van der Waals surface area contributed by atoms with Gasteiger partial charge >= 0.3 is 6.61 Å². The molecule has 0 aliphatic heterocycles. The summed E-state index contributed by atoms with van der Waals surface area (Å²) >= 11 is 0. The molecule has 0 radical (unpaired) electrons. The summed E-state index contributed by atoms with van der Waals surface area (Å²) in [5, 5.41) is 9.66. The van der Waals surface area contributed by atoms with Gasteiger partial charge in [0.2, 0.25) is 0 Å². The third kappa shape index (κ3) is 4.54. The van der Waals surface area contributed by atoms with Crippen LogP contribution in [-0.2, 0) is 0 Å². The van der Waals surface area contributed by atoms with Crippen molar-refractivity contribution in [3.8, 4) is 17.2 Å². The predicted octanol–water partition coefficient (Wildman–Crippen LogP) is 3.90. The molecule has 0 heterocycles. The van der Waals surface area contributed by atoms with Gasteiger partial charge in [-0.2, -0.15) is 8.78 Å². The van der Waals surface area contributed by atoms with Crippen LogP contribution in [0.4, 0.5) is 8.78 Å². The molecule has 120 valence electrons. The average Bonchev–Trinajstić information content (AvgIpc) is 2.52. The first-order chi connectivity index (χ1) is 11.0. The molecule has 0 aliphatic rings. The lowest BCUT2D eigenvalue weighted by atomic mass is 10.1. The van der Waals surface area contributed by atoms with Crippen LogP contribution in [0.3, 0.4) is 0 Å². The minimum Gasteiger partial charge on any atom is -0.504 e. The zero-order valence-corrected chi connectivity index (χ0v) is 12.2. The van der Waals surface area contributed by atoms with Crippen LogP contribution in [0.1, 0.15) is 15.9 Å². The fourth-order valence-electron chi connectivity index (χ4n) is 1.90. The summed E-state index contributed by atoms with van der Waals surface area (Å²) in [5.74, 6) is -0.180. The molecule has 0 fully saturated rings. The molecule has 1 N–H and O–H groups in total. The summed E-state index contributed by atoms with van der Waals surface area (Å²) in [5.41, 5.74) is 0.814. The highest BCUT2D eigenvalue weighted by atomic mass is 19.3. The van der Waals surface area contributed by atoms with Crippen molar-refractivity contribution in [1.82, 2.24) is 0 Å². The number of ketones is 1. The van der Waals surface area contributed by atoms with E-state index in [1.54, 1.807) is 12.1 Å². The Morgan fingerprint density at radius 1 is 1.22 bits per heavy atom. The van der Waals surface area contributed by atoms with Crippen molar-refractivity contribution in [2.75, 3.05) is 7.11 Å². The van der Waals surface area contributed by atoms with Gasteiger partial charge in [-0.3, -0.25) is 4.79 Å². The first-order valence-electron chi connectivity index (χ1n) is 6.64. The van der Waals surface area contributed by atoms with Crippen molar-refractivity contribution in [2.24, 2.45) is 0 Å². The summed E-state index contributed by atoms with van der Waals surface area (Å²) in [6, 6.07) is 10.2. The molecule has 0 aliphatic carbocycles. The SMILES string of the molecule is COc1ccc(/C=C/C(=O)c2cccc(OC(F)F)c2)cc1O. The van der Waals surface area contributed by atoms with Gasteiger partial charge in [0.1, 0.15) is 5.75 Å². The molecule has 0 spiro atoms. The molecule has 0 amide bonds. The number of hydrogen-bond acceptors (Lipinski definition) is 4. The van der Waals surface area contributed by atoms with Crippen molar-refractivity contribution < 1.29 is 28.2 Å². The molecule has 0 unspecified atom stereocenters. The standard InChI is InChI=1S/C17H14F2O4/c1-22-16-8-6-11(9-15(16)21)5-7-14(20)12-3-2-4-13(10-12)23-17(18)19/h2-10,17,21H,1H3/b7-5+. The van der Waals surface area contributed by atoms with Crippen LogP contribution in [0.5, 0.6) is 17.2 Å². The van der Waals surface area contributed by atoms with Crippen molar-refractivity contribution in [2.45, 2.75) is 6.61 Å². The fraction of sp³-hybridized carbons (Fsp3) is 0.118. The second kappa shape index (κ2) is 7.40. The Kier molecular flexibility index (Phi) is 5.30. The van der Waals surface area contributed by atoms with Gasteiger partial charge in [0.25, 0.3) is 0 Å². The van der Waals surface area contributed by atoms with E-state index in [0.29, 0.717) is 11.3 Å². The minimum atomic E-state index is -2.95. The summed E-state index contributed by atoms with van der Waals surface area (Å²) < 4.78 is 33.5. The number of aromatic hydroxyl groups is 1. The predicted molar refractivity (Wildman–Crippen MR) is 81.1 cm³/mol. The number of phenolic OH excluding ortho intramolecular Hbond substituents is 1. The van der Waals surface area contributed by atoms with Crippen LogP contribution >= 0.6 is 0 Å². The van der Waals surface area contributed by atoms with E-state index >= 15 is 0 Å². The highest BCUT2D eigenvalue weighted by Crippen LogP contribution is 2.26. The molecular formula is C17H14F2O4. The van der Waals surface area contributed by atoms with E-state index in [0.717, 1.165) is 0 Å². The Balaban J connectivity index is 2.13. The van der Waals surface area contributed by atoms with Crippen molar-refractivity contribution in [3.63, 3.8) is 0 Å². The molecule has 2 aromatic rings. The molecule has 0 bridgehead atoms. The first-order valence-corrected chi connectivity index (χ1v) is 6.64. The molecule has 0 saturated heterocycles. The molecular weight excluding hydrogens is 306 g/mol. The highest BCUT2D eigenvalue weighted by Gasteiger charge is 2.08. The molecule has 6 heteroatoms. The number of hydrogen-bond donors (Lipinski definition) is 1. The van der Waals surface area contributed by atoms with Gasteiger partial charge in [-0.05, 0) is 35.9 Å². The Hall–Kier alpha value is -2.89. The van der Waals surface area contributed by atoms with Gasteiger partial charge in [-0.15, -0.1) is 0 Å². The van der Waals surface area contributed by atoms with Gasteiger partial charge in [0, 0.05) is 5.56 Å². The lowest BCUT2D eigenvalue weighted by Gasteiger charge is -2.05. The van der Waals surface area contributed by atoms with Crippen LogP contribution in [-0.4, -0.2) is 24.6 Å². The third-order valence-electron chi connectivity index (χ3n) is 2.97. The van der Waals surface area contributed by atoms with E-state index in [1.165, 1.54) is 49.6 Å². The summed E-state index contributed by atoms with van der Waals surface area (Å²) in [6.45, 7) is -2.95. The number of allylic oxidation sites excluding steroid dienone is 1. The Morgan fingerprint density at radius 3 is 2.65 bits per heavy atom. The maximum atomic E-state index is 12.2. The largest absolute Gasteiger partial charge is 0.504 e. The number of ether oxygens (including phenoxy) is 2. The normalized spacial score (nSPS) is 11.0. The van der Waals surface area contributed by atoms with Gasteiger partial charge in [0.05, 0.1) is 7.11 Å².